The Kier molecular flexibility index (Phi) is 3.97. The van der Waals surface area contributed by atoms with Gasteiger partial charge in [-0.2, -0.15) is 0 Å². The molecule has 88 valence electrons. The summed E-state index contributed by atoms with van der Waals surface area (Å²) in [5, 5.41) is 3.56. The summed E-state index contributed by atoms with van der Waals surface area (Å²) >= 11 is 0. The van der Waals surface area contributed by atoms with Crippen molar-refractivity contribution >= 4 is 0 Å². The van der Waals surface area contributed by atoms with Gasteiger partial charge in [-0.15, -0.1) is 0 Å². The Balaban J connectivity index is 1.97. The Morgan fingerprint density at radius 2 is 2.19 bits per heavy atom. The Labute approximate surface area is 98.7 Å². The maximum atomic E-state index is 3.56. The number of rotatable bonds is 3. The zero-order chi connectivity index (χ0) is 11.4. The van der Waals surface area contributed by atoms with E-state index in [1.807, 2.05) is 0 Å². The highest BCUT2D eigenvalue weighted by Gasteiger charge is 2.17. The molecule has 0 aliphatic carbocycles. The molecule has 2 heteroatoms. The lowest BCUT2D eigenvalue weighted by atomic mass is 10.1. The molecule has 1 fully saturated rings. The van der Waals surface area contributed by atoms with Crippen LogP contribution in [0.3, 0.4) is 0 Å². The second-order valence-corrected chi connectivity index (χ2v) is 4.72. The van der Waals surface area contributed by atoms with Crippen molar-refractivity contribution < 1.29 is 0 Å². The van der Waals surface area contributed by atoms with Gasteiger partial charge in [-0.25, -0.2) is 0 Å². The number of aryl methyl sites for hydroxylation is 1. The molecule has 0 aromatic heterocycles. The van der Waals surface area contributed by atoms with Crippen LogP contribution < -0.4 is 5.32 Å². The van der Waals surface area contributed by atoms with Gasteiger partial charge < -0.3 is 5.32 Å². The van der Waals surface area contributed by atoms with Gasteiger partial charge in [-0.05, 0) is 24.5 Å². The zero-order valence-electron chi connectivity index (χ0n) is 10.4. The lowest BCUT2D eigenvalue weighted by Gasteiger charge is -2.33. The SMILES string of the molecule is CCC1CN(Cc2ccccc2C)CCN1. The van der Waals surface area contributed by atoms with Crippen LogP contribution in [-0.2, 0) is 6.54 Å². The van der Waals surface area contributed by atoms with Crippen molar-refractivity contribution in [1.82, 2.24) is 10.2 Å². The van der Waals surface area contributed by atoms with Crippen LogP contribution in [0.25, 0.3) is 0 Å². The van der Waals surface area contributed by atoms with E-state index >= 15 is 0 Å². The maximum Gasteiger partial charge on any atom is 0.0237 e. The molecule has 1 aliphatic heterocycles. The minimum absolute atomic E-state index is 0.678. The first-order chi connectivity index (χ1) is 7.79. The van der Waals surface area contributed by atoms with E-state index in [0.717, 1.165) is 13.1 Å². The van der Waals surface area contributed by atoms with E-state index in [4.69, 9.17) is 0 Å². The summed E-state index contributed by atoms with van der Waals surface area (Å²) in [5.74, 6) is 0. The highest BCUT2D eigenvalue weighted by molar-refractivity contribution is 5.25. The van der Waals surface area contributed by atoms with Gasteiger partial charge in [0.15, 0.2) is 0 Å². The van der Waals surface area contributed by atoms with Gasteiger partial charge in [0, 0.05) is 32.2 Å². The van der Waals surface area contributed by atoms with E-state index < -0.39 is 0 Å². The number of hydrogen-bond donors (Lipinski definition) is 1. The average molecular weight is 218 g/mol. The molecule has 1 atom stereocenters. The predicted octanol–water partition coefficient (Wildman–Crippen LogP) is 2.18. The molecule has 1 saturated heterocycles. The Bertz CT molecular complexity index is 335. The summed E-state index contributed by atoms with van der Waals surface area (Å²) < 4.78 is 0. The predicted molar refractivity (Wildman–Crippen MR) is 68.5 cm³/mol. The molecule has 1 aromatic rings. The molecule has 1 unspecified atom stereocenters. The number of benzene rings is 1. The highest BCUT2D eigenvalue weighted by atomic mass is 15.2. The van der Waals surface area contributed by atoms with Crippen LogP contribution in [0.5, 0.6) is 0 Å². The smallest absolute Gasteiger partial charge is 0.0237 e. The third-order valence-corrected chi connectivity index (χ3v) is 3.49. The van der Waals surface area contributed by atoms with E-state index in [9.17, 15) is 0 Å². The lowest BCUT2D eigenvalue weighted by Crippen LogP contribution is -2.49. The molecule has 16 heavy (non-hydrogen) atoms. The third-order valence-electron chi connectivity index (χ3n) is 3.49. The van der Waals surface area contributed by atoms with Gasteiger partial charge >= 0.3 is 0 Å². The molecule has 1 N–H and O–H groups in total. The summed E-state index contributed by atoms with van der Waals surface area (Å²) in [7, 11) is 0. The fourth-order valence-electron chi connectivity index (χ4n) is 2.34. The first-order valence-electron chi connectivity index (χ1n) is 6.30. The van der Waals surface area contributed by atoms with Gasteiger partial charge in [0.25, 0.3) is 0 Å². The van der Waals surface area contributed by atoms with Gasteiger partial charge in [0.05, 0.1) is 0 Å². The van der Waals surface area contributed by atoms with E-state index in [1.165, 1.54) is 30.6 Å². The van der Waals surface area contributed by atoms with Crippen molar-refractivity contribution in [3.8, 4) is 0 Å². The van der Waals surface area contributed by atoms with E-state index in [-0.39, 0.29) is 0 Å². The number of nitrogens with one attached hydrogen (secondary N) is 1. The summed E-state index contributed by atoms with van der Waals surface area (Å²) in [6.45, 7) is 9.05. The largest absolute Gasteiger partial charge is 0.311 e. The number of nitrogens with zero attached hydrogens (tertiary/aromatic N) is 1. The molecular weight excluding hydrogens is 196 g/mol. The minimum atomic E-state index is 0.678. The number of hydrogen-bond acceptors (Lipinski definition) is 2. The molecule has 1 aliphatic rings. The molecule has 0 bridgehead atoms. The third kappa shape index (κ3) is 2.83. The standard InChI is InChI=1S/C14H22N2/c1-3-14-11-16(9-8-15-14)10-13-7-5-4-6-12(13)2/h4-7,14-15H,3,8-11H2,1-2H3. The quantitative estimate of drug-likeness (QED) is 0.836. The molecular formula is C14H22N2. The molecule has 0 radical (unpaired) electrons. The van der Waals surface area contributed by atoms with Crippen LogP contribution in [0.4, 0.5) is 0 Å². The second-order valence-electron chi connectivity index (χ2n) is 4.72. The molecule has 0 amide bonds. The maximum absolute atomic E-state index is 3.56. The zero-order valence-corrected chi connectivity index (χ0v) is 10.4. The highest BCUT2D eigenvalue weighted by Crippen LogP contribution is 2.12. The molecule has 0 saturated carbocycles. The first-order valence-corrected chi connectivity index (χ1v) is 6.30. The first kappa shape index (κ1) is 11.6. The second kappa shape index (κ2) is 5.46. The van der Waals surface area contributed by atoms with Crippen LogP contribution in [0.2, 0.25) is 0 Å². The van der Waals surface area contributed by atoms with Crippen molar-refractivity contribution in [2.24, 2.45) is 0 Å². The summed E-state index contributed by atoms with van der Waals surface area (Å²) in [6, 6.07) is 9.39. The summed E-state index contributed by atoms with van der Waals surface area (Å²) in [5.41, 5.74) is 2.88. The van der Waals surface area contributed by atoms with Crippen molar-refractivity contribution in [3.05, 3.63) is 35.4 Å². The van der Waals surface area contributed by atoms with Crippen molar-refractivity contribution in [1.29, 1.82) is 0 Å². The molecule has 1 heterocycles. The van der Waals surface area contributed by atoms with Gasteiger partial charge in [0.2, 0.25) is 0 Å². The van der Waals surface area contributed by atoms with Crippen LogP contribution in [0.15, 0.2) is 24.3 Å². The van der Waals surface area contributed by atoms with E-state index in [1.54, 1.807) is 0 Å². The Morgan fingerprint density at radius 3 is 2.94 bits per heavy atom. The Morgan fingerprint density at radius 1 is 1.38 bits per heavy atom. The van der Waals surface area contributed by atoms with Crippen molar-refractivity contribution in [2.75, 3.05) is 19.6 Å². The minimum Gasteiger partial charge on any atom is -0.311 e. The average Bonchev–Trinajstić information content (AvgIpc) is 2.32. The normalized spacial score (nSPS) is 22.2. The van der Waals surface area contributed by atoms with Crippen molar-refractivity contribution in [3.63, 3.8) is 0 Å². The molecule has 1 aromatic carbocycles. The number of piperazine rings is 1. The van der Waals surface area contributed by atoms with Gasteiger partial charge in [-0.3, -0.25) is 4.90 Å². The fraction of sp³-hybridized carbons (Fsp3) is 0.571. The fourth-order valence-corrected chi connectivity index (χ4v) is 2.34. The van der Waals surface area contributed by atoms with Crippen LogP contribution in [0, 0.1) is 6.92 Å². The topological polar surface area (TPSA) is 15.3 Å². The summed E-state index contributed by atoms with van der Waals surface area (Å²) in [4.78, 5) is 2.56. The van der Waals surface area contributed by atoms with Crippen LogP contribution >= 0.6 is 0 Å². The van der Waals surface area contributed by atoms with Crippen LogP contribution in [-0.4, -0.2) is 30.6 Å². The van der Waals surface area contributed by atoms with Gasteiger partial charge in [0.1, 0.15) is 0 Å². The lowest BCUT2D eigenvalue weighted by molar-refractivity contribution is 0.189. The molecule has 2 rings (SSSR count). The Hall–Kier alpha value is -0.860. The van der Waals surface area contributed by atoms with Crippen LogP contribution in [0.1, 0.15) is 24.5 Å². The summed E-state index contributed by atoms with van der Waals surface area (Å²) in [6.07, 6.45) is 1.23. The van der Waals surface area contributed by atoms with Gasteiger partial charge in [-0.1, -0.05) is 31.2 Å². The molecule has 2 nitrogen and oxygen atoms in total. The molecule has 0 spiro atoms. The monoisotopic (exact) mass is 218 g/mol. The van der Waals surface area contributed by atoms with Crippen molar-refractivity contribution in [2.45, 2.75) is 32.9 Å². The van der Waals surface area contributed by atoms with E-state index in [2.05, 4.69) is 48.3 Å². The van der Waals surface area contributed by atoms with E-state index in [0.29, 0.717) is 6.04 Å².